The fourth-order valence-electron chi connectivity index (χ4n) is 1.84. The minimum absolute atomic E-state index is 0.00830. The molecule has 1 aromatic heterocycles. The van der Waals surface area contributed by atoms with E-state index in [1.165, 1.54) is 11.8 Å². The summed E-state index contributed by atoms with van der Waals surface area (Å²) in [4.78, 5) is 16.1. The Balaban J connectivity index is 2.08. The third-order valence-corrected chi connectivity index (χ3v) is 3.25. The Kier molecular flexibility index (Phi) is 4.33. The van der Waals surface area contributed by atoms with Crippen molar-refractivity contribution in [2.45, 2.75) is 26.2 Å². The van der Waals surface area contributed by atoms with E-state index in [1.54, 1.807) is 12.1 Å². The zero-order chi connectivity index (χ0) is 13.8. The molecule has 0 N–H and O–H groups in total. The van der Waals surface area contributed by atoms with Crippen molar-refractivity contribution in [1.82, 2.24) is 4.98 Å². The number of ketones is 1. The average Bonchev–Trinajstić information content (AvgIpc) is 2.40. The van der Waals surface area contributed by atoms with Crippen molar-refractivity contribution in [2.24, 2.45) is 0 Å². The monoisotopic (exact) mass is 273 g/mol. The largest absolute Gasteiger partial charge is 0.292 e. The van der Waals surface area contributed by atoms with Gasteiger partial charge in [-0.15, -0.1) is 0 Å². The Hall–Kier alpha value is -1.67. The highest BCUT2D eigenvalue weighted by atomic mass is 35.5. The molecule has 3 heteroatoms. The zero-order valence-corrected chi connectivity index (χ0v) is 11.8. The molecule has 2 aromatic rings. The maximum atomic E-state index is 12.0. The summed E-state index contributed by atoms with van der Waals surface area (Å²) in [5.41, 5.74) is 2.74. The number of pyridine rings is 1. The predicted octanol–water partition coefficient (Wildman–Crippen LogP) is 4.28. The summed E-state index contributed by atoms with van der Waals surface area (Å²) in [5, 5.41) is 0.540. The van der Waals surface area contributed by atoms with E-state index >= 15 is 0 Å². The van der Waals surface area contributed by atoms with Crippen LogP contribution < -0.4 is 0 Å². The number of rotatable bonds is 4. The van der Waals surface area contributed by atoms with Gasteiger partial charge in [0, 0.05) is 12.6 Å². The Morgan fingerprint density at radius 1 is 1.16 bits per heavy atom. The molecule has 0 aliphatic rings. The molecule has 0 unspecified atom stereocenters. The molecule has 0 aliphatic heterocycles. The van der Waals surface area contributed by atoms with Gasteiger partial charge in [0.1, 0.15) is 5.69 Å². The van der Waals surface area contributed by atoms with E-state index in [0.717, 1.165) is 5.56 Å². The second-order valence-corrected chi connectivity index (χ2v) is 5.29. The smallest absolute Gasteiger partial charge is 0.185 e. The van der Waals surface area contributed by atoms with Gasteiger partial charge in [-0.3, -0.25) is 9.78 Å². The molecule has 0 saturated carbocycles. The van der Waals surface area contributed by atoms with Crippen molar-refractivity contribution < 1.29 is 4.79 Å². The van der Waals surface area contributed by atoms with Gasteiger partial charge < -0.3 is 0 Å². The molecular formula is C16H16ClNO. The molecule has 19 heavy (non-hydrogen) atoms. The molecule has 0 aliphatic carbocycles. The van der Waals surface area contributed by atoms with Crippen molar-refractivity contribution >= 4 is 17.4 Å². The second-order valence-electron chi connectivity index (χ2n) is 4.86. The van der Waals surface area contributed by atoms with Crippen molar-refractivity contribution in [2.75, 3.05) is 0 Å². The lowest BCUT2D eigenvalue weighted by atomic mass is 9.99. The van der Waals surface area contributed by atoms with Crippen molar-refractivity contribution in [3.63, 3.8) is 0 Å². The van der Waals surface area contributed by atoms with Gasteiger partial charge >= 0.3 is 0 Å². The third-order valence-electron chi connectivity index (χ3n) is 3.02. The van der Waals surface area contributed by atoms with Crippen LogP contribution in [0.4, 0.5) is 0 Å². The normalized spacial score (nSPS) is 10.7. The van der Waals surface area contributed by atoms with Crippen LogP contribution in [0.15, 0.2) is 42.6 Å². The first kappa shape index (κ1) is 13.8. The predicted molar refractivity (Wildman–Crippen MR) is 77.8 cm³/mol. The van der Waals surface area contributed by atoms with E-state index in [-0.39, 0.29) is 5.78 Å². The highest BCUT2D eigenvalue weighted by molar-refractivity contribution is 6.30. The molecule has 0 spiro atoms. The number of benzene rings is 1. The molecule has 1 heterocycles. The van der Waals surface area contributed by atoms with Crippen molar-refractivity contribution in [3.8, 4) is 0 Å². The number of nitrogens with zero attached hydrogens (tertiary/aromatic N) is 1. The highest BCUT2D eigenvalue weighted by Crippen LogP contribution is 2.16. The van der Waals surface area contributed by atoms with Gasteiger partial charge in [0.25, 0.3) is 0 Å². The van der Waals surface area contributed by atoms with E-state index in [2.05, 4.69) is 31.0 Å². The number of Topliss-reactive ketones (excluding diaryl/α,β-unsaturated/α-hetero) is 1. The van der Waals surface area contributed by atoms with Crippen LogP contribution in [0.3, 0.4) is 0 Å². The number of hydrogen-bond acceptors (Lipinski definition) is 2. The van der Waals surface area contributed by atoms with Gasteiger partial charge in [0.05, 0.1) is 5.02 Å². The topological polar surface area (TPSA) is 30.0 Å². The molecule has 0 bridgehead atoms. The summed E-state index contributed by atoms with van der Waals surface area (Å²) >= 11 is 5.75. The summed E-state index contributed by atoms with van der Waals surface area (Å²) in [6.07, 6.45) is 1.86. The summed E-state index contributed by atoms with van der Waals surface area (Å²) in [6.45, 7) is 4.30. The first-order valence-corrected chi connectivity index (χ1v) is 6.67. The average molecular weight is 274 g/mol. The van der Waals surface area contributed by atoms with Gasteiger partial charge in [-0.25, -0.2) is 0 Å². The van der Waals surface area contributed by atoms with Crippen LogP contribution >= 0.6 is 11.6 Å². The zero-order valence-electron chi connectivity index (χ0n) is 11.1. The van der Waals surface area contributed by atoms with Gasteiger partial charge in [-0.1, -0.05) is 49.7 Å². The maximum absolute atomic E-state index is 12.0. The number of halogens is 1. The first-order chi connectivity index (χ1) is 9.06. The molecule has 0 saturated heterocycles. The summed E-state index contributed by atoms with van der Waals surface area (Å²) in [5.74, 6) is 0.511. The number of carbonyl (C=O) groups is 1. The lowest BCUT2D eigenvalue weighted by Gasteiger charge is -2.06. The van der Waals surface area contributed by atoms with Crippen molar-refractivity contribution in [3.05, 3.63) is 64.4 Å². The van der Waals surface area contributed by atoms with E-state index in [9.17, 15) is 4.79 Å². The highest BCUT2D eigenvalue weighted by Gasteiger charge is 2.08. The van der Waals surface area contributed by atoms with E-state index in [4.69, 9.17) is 11.6 Å². The van der Waals surface area contributed by atoms with Gasteiger partial charge in [0.2, 0.25) is 0 Å². The van der Waals surface area contributed by atoms with Crippen LogP contribution in [-0.4, -0.2) is 10.8 Å². The lowest BCUT2D eigenvalue weighted by Crippen LogP contribution is -2.05. The standard InChI is InChI=1S/C16H16ClNO/c1-11(2)13-5-3-12(4-6-13)9-16(19)15-8-7-14(17)10-18-15/h3-8,10-11H,9H2,1-2H3. The minimum Gasteiger partial charge on any atom is -0.292 e. The van der Waals surface area contributed by atoms with E-state index < -0.39 is 0 Å². The minimum atomic E-state index is 0.00830. The second kappa shape index (κ2) is 5.98. The third kappa shape index (κ3) is 3.65. The van der Waals surface area contributed by atoms with Gasteiger partial charge in [-0.05, 0) is 29.2 Å². The van der Waals surface area contributed by atoms with Gasteiger partial charge in [0.15, 0.2) is 5.78 Å². The number of hydrogen-bond donors (Lipinski definition) is 0. The SMILES string of the molecule is CC(C)c1ccc(CC(=O)c2ccc(Cl)cn2)cc1. The number of carbonyl (C=O) groups excluding carboxylic acids is 1. The molecule has 2 rings (SSSR count). The van der Waals surface area contributed by atoms with Crippen LogP contribution in [0, 0.1) is 0 Å². The van der Waals surface area contributed by atoms with Crippen molar-refractivity contribution in [1.29, 1.82) is 0 Å². The maximum Gasteiger partial charge on any atom is 0.185 e. The number of aromatic nitrogens is 1. The van der Waals surface area contributed by atoms with Crippen LogP contribution in [0.25, 0.3) is 0 Å². The molecule has 98 valence electrons. The molecule has 2 nitrogen and oxygen atoms in total. The Morgan fingerprint density at radius 2 is 1.84 bits per heavy atom. The Morgan fingerprint density at radius 3 is 2.37 bits per heavy atom. The van der Waals surface area contributed by atoms with Crippen LogP contribution in [0.2, 0.25) is 5.02 Å². The quantitative estimate of drug-likeness (QED) is 0.778. The fourth-order valence-corrected chi connectivity index (χ4v) is 1.95. The first-order valence-electron chi connectivity index (χ1n) is 6.30. The van der Waals surface area contributed by atoms with Gasteiger partial charge in [-0.2, -0.15) is 0 Å². The van der Waals surface area contributed by atoms with Crippen LogP contribution in [-0.2, 0) is 6.42 Å². The molecule has 0 fully saturated rings. The molecule has 0 radical (unpaired) electrons. The van der Waals surface area contributed by atoms with Crippen LogP contribution in [0.1, 0.15) is 41.4 Å². The van der Waals surface area contributed by atoms with E-state index in [1.807, 2.05) is 12.1 Å². The molecular weight excluding hydrogens is 258 g/mol. The Labute approximate surface area is 118 Å². The van der Waals surface area contributed by atoms with E-state index in [0.29, 0.717) is 23.1 Å². The van der Waals surface area contributed by atoms with Crippen LogP contribution in [0.5, 0.6) is 0 Å². The summed E-state index contributed by atoms with van der Waals surface area (Å²) < 4.78 is 0. The lowest BCUT2D eigenvalue weighted by molar-refractivity contribution is 0.0988. The molecule has 0 atom stereocenters. The molecule has 0 amide bonds. The molecule has 1 aromatic carbocycles. The fraction of sp³-hybridized carbons (Fsp3) is 0.250. The Bertz CT molecular complexity index is 558. The summed E-state index contributed by atoms with van der Waals surface area (Å²) in [6, 6.07) is 11.5. The summed E-state index contributed by atoms with van der Waals surface area (Å²) in [7, 11) is 0.